The number of piperidine rings is 2. The summed E-state index contributed by atoms with van der Waals surface area (Å²) in [5, 5.41) is 10.1. The van der Waals surface area contributed by atoms with Crippen LogP contribution in [0.25, 0.3) is 33.5 Å². The van der Waals surface area contributed by atoms with Gasteiger partial charge in [-0.05, 0) is 86.6 Å². The number of likely N-dealkylation sites (tertiary alicyclic amines) is 1. The standard InChI is InChI=1S/C28H31N7O2S2/c36-39(37,26-5-4-16-38-26)33-19-6-8-22-24(17-19)31-32-27(22)28-29-23-9-7-21(18-25(23)30-28)35-14-10-20(11-15-35)34-12-2-1-3-13-34/h4-9,16-18,20,33H,1-3,10-15H2,(H,29,30)(H,31,32). The summed E-state index contributed by atoms with van der Waals surface area (Å²) in [5.74, 6) is 0.684. The minimum absolute atomic E-state index is 0.279. The Morgan fingerprint density at radius 1 is 0.949 bits per heavy atom. The number of thiophene rings is 1. The van der Waals surface area contributed by atoms with Crippen molar-refractivity contribution < 1.29 is 8.42 Å². The molecule has 0 spiro atoms. The number of benzene rings is 2. The van der Waals surface area contributed by atoms with E-state index in [2.05, 4.69) is 47.9 Å². The summed E-state index contributed by atoms with van der Waals surface area (Å²) in [4.78, 5) is 13.5. The molecule has 39 heavy (non-hydrogen) atoms. The lowest BCUT2D eigenvalue weighted by Crippen LogP contribution is -2.46. The van der Waals surface area contributed by atoms with Gasteiger partial charge in [0.05, 0.1) is 22.2 Å². The van der Waals surface area contributed by atoms with Crippen LogP contribution in [0, 0.1) is 0 Å². The molecule has 2 aliphatic heterocycles. The second-order valence-corrected chi connectivity index (χ2v) is 13.3. The quantitative estimate of drug-likeness (QED) is 0.255. The first-order chi connectivity index (χ1) is 19.0. The molecule has 0 radical (unpaired) electrons. The molecule has 3 N–H and O–H groups in total. The van der Waals surface area contributed by atoms with Crippen LogP contribution >= 0.6 is 11.3 Å². The van der Waals surface area contributed by atoms with E-state index >= 15 is 0 Å². The summed E-state index contributed by atoms with van der Waals surface area (Å²) in [7, 11) is -3.61. The molecule has 11 heteroatoms. The summed E-state index contributed by atoms with van der Waals surface area (Å²) >= 11 is 1.18. The summed E-state index contributed by atoms with van der Waals surface area (Å²) in [6, 6.07) is 15.8. The Labute approximate surface area is 231 Å². The zero-order chi connectivity index (χ0) is 26.4. The molecule has 5 heterocycles. The van der Waals surface area contributed by atoms with Crippen molar-refractivity contribution in [1.29, 1.82) is 0 Å². The van der Waals surface area contributed by atoms with Crippen molar-refractivity contribution in [2.45, 2.75) is 42.4 Å². The number of rotatable bonds is 6. The molecular formula is C28H31N7O2S2. The number of nitrogens with zero attached hydrogens (tertiary/aromatic N) is 4. The summed E-state index contributed by atoms with van der Waals surface area (Å²) < 4.78 is 28.1. The minimum Gasteiger partial charge on any atom is -0.371 e. The van der Waals surface area contributed by atoms with Crippen LogP contribution in [0.4, 0.5) is 11.4 Å². The van der Waals surface area contributed by atoms with Gasteiger partial charge in [0.15, 0.2) is 5.82 Å². The lowest BCUT2D eigenvalue weighted by Gasteiger charge is -2.41. The van der Waals surface area contributed by atoms with Crippen LogP contribution in [-0.4, -0.2) is 65.7 Å². The van der Waals surface area contributed by atoms with Crippen LogP contribution in [-0.2, 0) is 10.0 Å². The Morgan fingerprint density at radius 3 is 2.59 bits per heavy atom. The minimum atomic E-state index is -3.61. The van der Waals surface area contributed by atoms with E-state index in [1.165, 1.54) is 62.2 Å². The molecule has 7 rings (SSSR count). The first-order valence-corrected chi connectivity index (χ1v) is 15.9. The van der Waals surface area contributed by atoms with Gasteiger partial charge in [-0.1, -0.05) is 12.5 Å². The Balaban J connectivity index is 1.09. The van der Waals surface area contributed by atoms with E-state index in [1.807, 2.05) is 6.07 Å². The number of nitrogens with one attached hydrogen (secondary N) is 3. The Kier molecular flexibility index (Phi) is 6.29. The van der Waals surface area contributed by atoms with Crippen LogP contribution in [0.15, 0.2) is 58.1 Å². The molecule has 0 bridgehead atoms. The van der Waals surface area contributed by atoms with E-state index in [4.69, 9.17) is 4.98 Å². The third-order valence-electron chi connectivity index (χ3n) is 8.00. The average Bonchev–Trinajstić information content (AvgIpc) is 3.73. The number of sulfonamides is 1. The number of anilines is 2. The maximum absolute atomic E-state index is 12.6. The van der Waals surface area contributed by atoms with Crippen LogP contribution in [0.1, 0.15) is 32.1 Å². The van der Waals surface area contributed by atoms with Crippen molar-refractivity contribution in [2.24, 2.45) is 0 Å². The molecule has 5 aromatic rings. The van der Waals surface area contributed by atoms with Gasteiger partial charge in [0.2, 0.25) is 0 Å². The second-order valence-electron chi connectivity index (χ2n) is 10.5. The van der Waals surface area contributed by atoms with Crippen molar-refractivity contribution >= 4 is 54.7 Å². The van der Waals surface area contributed by atoms with Crippen molar-refractivity contribution in [2.75, 3.05) is 35.8 Å². The summed E-state index contributed by atoms with van der Waals surface area (Å²) in [5.41, 5.74) is 5.02. The topological polar surface area (TPSA) is 110 Å². The highest BCUT2D eigenvalue weighted by molar-refractivity contribution is 7.94. The van der Waals surface area contributed by atoms with Gasteiger partial charge in [0.1, 0.15) is 9.90 Å². The first-order valence-electron chi connectivity index (χ1n) is 13.6. The van der Waals surface area contributed by atoms with E-state index in [-0.39, 0.29) is 4.21 Å². The third-order valence-corrected chi connectivity index (χ3v) is 10.8. The average molecular weight is 562 g/mol. The normalized spacial score (nSPS) is 17.8. The van der Waals surface area contributed by atoms with Crippen molar-refractivity contribution in [3.63, 3.8) is 0 Å². The molecule has 2 saturated heterocycles. The highest BCUT2D eigenvalue weighted by atomic mass is 32.2. The van der Waals surface area contributed by atoms with Crippen molar-refractivity contribution in [1.82, 2.24) is 25.1 Å². The summed E-state index contributed by atoms with van der Waals surface area (Å²) in [6.07, 6.45) is 6.52. The highest BCUT2D eigenvalue weighted by Gasteiger charge is 2.26. The van der Waals surface area contributed by atoms with E-state index in [1.54, 1.807) is 29.6 Å². The monoisotopic (exact) mass is 561 g/mol. The number of imidazole rings is 1. The molecule has 3 aromatic heterocycles. The van der Waals surface area contributed by atoms with Crippen LogP contribution in [0.2, 0.25) is 0 Å². The predicted octanol–water partition coefficient (Wildman–Crippen LogP) is 5.42. The zero-order valence-electron chi connectivity index (χ0n) is 21.6. The number of fused-ring (bicyclic) bond motifs is 2. The SMILES string of the molecule is O=S(=O)(Nc1ccc2c(-c3nc4ccc(N5CCC(N6CCCCC6)CC5)cc4[nH]3)n[nH]c2c1)c1cccs1. The van der Waals surface area contributed by atoms with Gasteiger partial charge < -0.3 is 14.8 Å². The molecule has 0 atom stereocenters. The fraction of sp³-hybridized carbons (Fsp3) is 0.357. The van der Waals surface area contributed by atoms with E-state index in [0.29, 0.717) is 17.2 Å². The maximum Gasteiger partial charge on any atom is 0.271 e. The van der Waals surface area contributed by atoms with E-state index in [9.17, 15) is 8.42 Å². The largest absolute Gasteiger partial charge is 0.371 e. The third kappa shape index (κ3) is 4.79. The van der Waals surface area contributed by atoms with E-state index in [0.717, 1.165) is 41.1 Å². The lowest BCUT2D eigenvalue weighted by molar-refractivity contribution is 0.141. The molecule has 2 aliphatic rings. The Bertz CT molecular complexity index is 1710. The second kappa shape index (κ2) is 9.96. The predicted molar refractivity (Wildman–Crippen MR) is 157 cm³/mol. The molecule has 0 unspecified atom stereocenters. The smallest absolute Gasteiger partial charge is 0.271 e. The fourth-order valence-corrected chi connectivity index (χ4v) is 8.01. The fourth-order valence-electron chi connectivity index (χ4n) is 5.96. The molecule has 0 aliphatic carbocycles. The van der Waals surface area contributed by atoms with Crippen LogP contribution in [0.3, 0.4) is 0 Å². The first kappa shape index (κ1) is 24.6. The molecule has 0 saturated carbocycles. The Hall–Kier alpha value is -3.41. The van der Waals surface area contributed by atoms with Crippen LogP contribution in [0.5, 0.6) is 0 Å². The number of hydrogen-bond donors (Lipinski definition) is 3. The van der Waals surface area contributed by atoms with Crippen molar-refractivity contribution in [3.8, 4) is 11.5 Å². The molecule has 0 amide bonds. The van der Waals surface area contributed by atoms with Crippen LogP contribution < -0.4 is 9.62 Å². The maximum atomic E-state index is 12.6. The van der Waals surface area contributed by atoms with Gasteiger partial charge in [0.25, 0.3) is 10.0 Å². The van der Waals surface area contributed by atoms with Gasteiger partial charge >= 0.3 is 0 Å². The zero-order valence-corrected chi connectivity index (χ0v) is 23.2. The number of aromatic amines is 2. The summed E-state index contributed by atoms with van der Waals surface area (Å²) in [6.45, 7) is 4.69. The molecule has 2 aromatic carbocycles. The van der Waals surface area contributed by atoms with Gasteiger partial charge in [-0.2, -0.15) is 5.10 Å². The van der Waals surface area contributed by atoms with Gasteiger partial charge in [0, 0.05) is 30.2 Å². The lowest BCUT2D eigenvalue weighted by atomic mass is 9.99. The molecule has 9 nitrogen and oxygen atoms in total. The molecule has 202 valence electrons. The number of H-pyrrole nitrogens is 2. The highest BCUT2D eigenvalue weighted by Crippen LogP contribution is 2.31. The molecule has 2 fully saturated rings. The van der Waals surface area contributed by atoms with Crippen molar-refractivity contribution in [3.05, 3.63) is 53.9 Å². The van der Waals surface area contributed by atoms with Gasteiger partial charge in [-0.25, -0.2) is 13.4 Å². The number of hydrogen-bond acceptors (Lipinski definition) is 7. The molecular weight excluding hydrogens is 530 g/mol. The Morgan fingerprint density at radius 2 is 1.79 bits per heavy atom. The number of aromatic nitrogens is 4. The van der Waals surface area contributed by atoms with Gasteiger partial charge in [-0.15, -0.1) is 11.3 Å². The van der Waals surface area contributed by atoms with Gasteiger partial charge in [-0.3, -0.25) is 9.82 Å². The van der Waals surface area contributed by atoms with E-state index < -0.39 is 10.0 Å².